The molecule has 25 heavy (non-hydrogen) atoms. The van der Waals surface area contributed by atoms with E-state index >= 15 is 0 Å². The lowest BCUT2D eigenvalue weighted by atomic mass is 10.2. The molecule has 130 valence electrons. The van der Waals surface area contributed by atoms with Crippen molar-refractivity contribution in [3.63, 3.8) is 0 Å². The van der Waals surface area contributed by atoms with Crippen LogP contribution in [0.2, 0.25) is 0 Å². The van der Waals surface area contributed by atoms with Gasteiger partial charge in [-0.3, -0.25) is 14.7 Å². The Bertz CT molecular complexity index is 1000. The Labute approximate surface area is 143 Å². The number of benzene rings is 1. The second-order valence-corrected chi connectivity index (χ2v) is 5.99. The molecule has 0 atom stereocenters. The van der Waals surface area contributed by atoms with Gasteiger partial charge in [0, 0.05) is 7.11 Å². The van der Waals surface area contributed by atoms with Crippen molar-refractivity contribution in [2.24, 2.45) is 0 Å². The smallest absolute Gasteiger partial charge is 0.420 e. The highest BCUT2D eigenvalue weighted by Gasteiger charge is 2.16. The first-order chi connectivity index (χ1) is 12.0. The lowest BCUT2D eigenvalue weighted by molar-refractivity contribution is -0.116. The summed E-state index contributed by atoms with van der Waals surface area (Å²) < 4.78 is 11.0. The summed E-state index contributed by atoms with van der Waals surface area (Å²) in [6, 6.07) is 3.96. The number of rotatable bonds is 6. The van der Waals surface area contributed by atoms with Crippen molar-refractivity contribution in [1.29, 1.82) is 0 Å². The lowest BCUT2D eigenvalue weighted by Crippen LogP contribution is -2.24. The number of carboxylic acids is 1. The predicted octanol–water partition coefficient (Wildman–Crippen LogP) is 0.929. The fourth-order valence-electron chi connectivity index (χ4n) is 2.13. The van der Waals surface area contributed by atoms with E-state index in [4.69, 9.17) is 14.3 Å². The molecule has 0 unspecified atom stereocenters. The van der Waals surface area contributed by atoms with Crippen LogP contribution in [0.25, 0.3) is 11.1 Å². The minimum atomic E-state index is -1.15. The Balaban J connectivity index is 1.82. The van der Waals surface area contributed by atoms with Gasteiger partial charge in [0.25, 0.3) is 0 Å². The number of fused-ring (bicyclic) bond motifs is 1. The van der Waals surface area contributed by atoms with Crippen LogP contribution in [0.5, 0.6) is 0 Å². The number of nitrogens with one attached hydrogen (secondary N) is 1. The number of hydrogen-bond donors (Lipinski definition) is 2. The van der Waals surface area contributed by atoms with E-state index < -0.39 is 17.6 Å². The van der Waals surface area contributed by atoms with Crippen LogP contribution in [0.15, 0.2) is 27.4 Å². The number of oxazole rings is 1. The molecule has 0 aliphatic carbocycles. The van der Waals surface area contributed by atoms with Gasteiger partial charge < -0.3 is 14.3 Å². The van der Waals surface area contributed by atoms with Crippen molar-refractivity contribution < 1.29 is 23.8 Å². The normalized spacial score (nSPS) is 10.9. The molecule has 0 aliphatic heterocycles. The average molecular weight is 364 g/mol. The maximum atomic E-state index is 12.1. The van der Waals surface area contributed by atoms with Gasteiger partial charge in [0.15, 0.2) is 5.58 Å². The van der Waals surface area contributed by atoms with E-state index in [0.717, 1.165) is 15.9 Å². The van der Waals surface area contributed by atoms with E-state index in [-0.39, 0.29) is 34.9 Å². The number of anilines is 1. The number of aromatic carboxylic acids is 1. The number of aromatic nitrogens is 3. The molecule has 0 fully saturated rings. The topological polar surface area (TPSA) is 137 Å². The summed E-state index contributed by atoms with van der Waals surface area (Å²) in [4.78, 5) is 35.1. The van der Waals surface area contributed by atoms with Crippen LogP contribution < -0.4 is 11.1 Å². The van der Waals surface area contributed by atoms with Crippen molar-refractivity contribution in [3.05, 3.63) is 39.3 Å². The van der Waals surface area contributed by atoms with E-state index in [1.165, 1.54) is 25.3 Å². The minimum absolute atomic E-state index is 0.0178. The predicted molar refractivity (Wildman–Crippen MR) is 86.7 cm³/mol. The summed E-state index contributed by atoms with van der Waals surface area (Å²) in [5.74, 6) is -2.43. The van der Waals surface area contributed by atoms with Gasteiger partial charge in [-0.05, 0) is 18.2 Å². The van der Waals surface area contributed by atoms with Gasteiger partial charge in [0.2, 0.25) is 11.0 Å². The quantitative estimate of drug-likeness (QED) is 0.659. The highest BCUT2D eigenvalue weighted by molar-refractivity contribution is 7.15. The van der Waals surface area contributed by atoms with Crippen molar-refractivity contribution in [2.75, 3.05) is 12.4 Å². The number of amides is 1. The SMILES string of the molecule is COCc1nnc(NC(=O)Cn2c(=O)oc3ccc(C(=O)O)cc32)s1. The average Bonchev–Trinajstić information content (AvgIpc) is 3.12. The molecule has 1 amide bonds. The molecule has 2 heterocycles. The standard InChI is InChI=1S/C14H12N4O6S/c1-23-6-11-16-17-13(25-11)15-10(19)5-18-8-4-7(12(20)21)2-3-9(8)24-14(18)22/h2-4H,5-6H2,1H3,(H,20,21)(H,15,17,19). The van der Waals surface area contributed by atoms with E-state index in [0.29, 0.717) is 5.01 Å². The molecule has 3 rings (SSSR count). The highest BCUT2D eigenvalue weighted by atomic mass is 32.1. The van der Waals surface area contributed by atoms with E-state index in [1.807, 2.05) is 0 Å². The number of methoxy groups -OCH3 is 1. The molecule has 3 aromatic rings. The Morgan fingerprint density at radius 1 is 1.40 bits per heavy atom. The zero-order valence-corrected chi connectivity index (χ0v) is 13.7. The molecular weight excluding hydrogens is 352 g/mol. The fraction of sp³-hybridized carbons (Fsp3) is 0.214. The second kappa shape index (κ2) is 6.83. The van der Waals surface area contributed by atoms with Crippen molar-refractivity contribution in [3.8, 4) is 0 Å². The maximum absolute atomic E-state index is 12.1. The van der Waals surface area contributed by atoms with Gasteiger partial charge >= 0.3 is 11.7 Å². The number of carbonyl (C=O) groups excluding carboxylic acids is 1. The third-order valence-electron chi connectivity index (χ3n) is 3.20. The number of nitrogens with zero attached hydrogens (tertiary/aromatic N) is 3. The fourth-order valence-corrected chi connectivity index (χ4v) is 2.86. The summed E-state index contributed by atoms with van der Waals surface area (Å²) in [5.41, 5.74) is 0.397. The van der Waals surface area contributed by atoms with E-state index in [1.54, 1.807) is 0 Å². The minimum Gasteiger partial charge on any atom is -0.478 e. The summed E-state index contributed by atoms with van der Waals surface area (Å²) in [6.07, 6.45) is 0. The largest absolute Gasteiger partial charge is 0.478 e. The molecule has 0 bridgehead atoms. The van der Waals surface area contributed by atoms with Crippen LogP contribution >= 0.6 is 11.3 Å². The molecule has 2 aromatic heterocycles. The van der Waals surface area contributed by atoms with Crippen molar-refractivity contribution >= 4 is 39.4 Å². The Kier molecular flexibility index (Phi) is 4.59. The first-order valence-corrected chi connectivity index (χ1v) is 7.77. The van der Waals surface area contributed by atoms with Gasteiger partial charge in [-0.2, -0.15) is 0 Å². The molecular formula is C14H12N4O6S. The summed E-state index contributed by atoms with van der Waals surface area (Å²) >= 11 is 1.14. The molecule has 0 saturated carbocycles. The van der Waals surface area contributed by atoms with Crippen LogP contribution in [0.4, 0.5) is 5.13 Å². The zero-order valence-electron chi connectivity index (χ0n) is 12.9. The number of ether oxygens (including phenoxy) is 1. The van der Waals surface area contributed by atoms with Crippen molar-refractivity contribution in [1.82, 2.24) is 14.8 Å². The lowest BCUT2D eigenvalue weighted by Gasteiger charge is -2.02. The molecule has 10 nitrogen and oxygen atoms in total. The monoisotopic (exact) mass is 364 g/mol. The molecule has 0 aliphatic rings. The molecule has 0 radical (unpaired) electrons. The van der Waals surface area contributed by atoms with Crippen molar-refractivity contribution in [2.45, 2.75) is 13.2 Å². The molecule has 1 aromatic carbocycles. The summed E-state index contributed by atoms with van der Waals surface area (Å²) in [5, 5.41) is 20.0. The first kappa shape index (κ1) is 16.8. The van der Waals surface area contributed by atoms with Crippen LogP contribution in [0.1, 0.15) is 15.4 Å². The summed E-state index contributed by atoms with van der Waals surface area (Å²) in [6.45, 7) is -0.0780. The zero-order chi connectivity index (χ0) is 18.0. The molecule has 0 spiro atoms. The van der Waals surface area contributed by atoms with Gasteiger partial charge in [-0.15, -0.1) is 10.2 Å². The van der Waals surface area contributed by atoms with Gasteiger partial charge in [0.05, 0.1) is 11.1 Å². The number of carbonyl (C=O) groups is 2. The number of hydrogen-bond acceptors (Lipinski definition) is 8. The summed E-state index contributed by atoms with van der Waals surface area (Å²) in [7, 11) is 1.52. The van der Waals surface area contributed by atoms with Crippen LogP contribution in [0, 0.1) is 0 Å². The Hall–Kier alpha value is -3.05. The third kappa shape index (κ3) is 3.56. The number of carboxylic acid groups (broad SMARTS) is 1. The molecule has 2 N–H and O–H groups in total. The van der Waals surface area contributed by atoms with Gasteiger partial charge in [-0.1, -0.05) is 11.3 Å². The van der Waals surface area contributed by atoms with Crippen LogP contribution in [-0.4, -0.2) is 38.9 Å². The Morgan fingerprint density at radius 2 is 2.20 bits per heavy atom. The molecule has 0 saturated heterocycles. The van der Waals surface area contributed by atoms with Crippen LogP contribution in [-0.2, 0) is 22.7 Å². The van der Waals surface area contributed by atoms with Gasteiger partial charge in [-0.25, -0.2) is 9.59 Å². The Morgan fingerprint density at radius 3 is 2.92 bits per heavy atom. The van der Waals surface area contributed by atoms with Gasteiger partial charge in [0.1, 0.15) is 18.2 Å². The second-order valence-electron chi connectivity index (χ2n) is 4.92. The first-order valence-electron chi connectivity index (χ1n) is 6.96. The highest BCUT2D eigenvalue weighted by Crippen LogP contribution is 2.17. The van der Waals surface area contributed by atoms with Crippen LogP contribution in [0.3, 0.4) is 0 Å². The third-order valence-corrected chi connectivity index (χ3v) is 4.01. The molecule has 11 heteroatoms. The van der Waals surface area contributed by atoms with E-state index in [9.17, 15) is 14.4 Å². The maximum Gasteiger partial charge on any atom is 0.420 e. The van der Waals surface area contributed by atoms with E-state index in [2.05, 4.69) is 15.5 Å².